The van der Waals surface area contributed by atoms with Gasteiger partial charge in [-0.25, -0.2) is 0 Å². The monoisotopic (exact) mass is 408 g/mol. The highest BCUT2D eigenvalue weighted by molar-refractivity contribution is 5.87. The van der Waals surface area contributed by atoms with E-state index in [-0.39, 0.29) is 18.6 Å². The zero-order valence-electron chi connectivity index (χ0n) is 17.2. The van der Waals surface area contributed by atoms with Crippen LogP contribution in [0.2, 0.25) is 0 Å². The molecule has 158 valence electrons. The first kappa shape index (κ1) is 19.1. The van der Waals surface area contributed by atoms with E-state index in [1.807, 2.05) is 35.0 Å². The summed E-state index contributed by atoms with van der Waals surface area (Å²) in [5.74, 6) is 2.77. The maximum atomic E-state index is 11.3. The summed E-state index contributed by atoms with van der Waals surface area (Å²) in [6, 6.07) is 7.97. The van der Waals surface area contributed by atoms with Gasteiger partial charge in [0.15, 0.2) is 0 Å². The second-order valence-corrected chi connectivity index (χ2v) is 8.33. The molecule has 1 aromatic carbocycles. The van der Waals surface area contributed by atoms with Crippen LogP contribution in [-0.2, 0) is 30.8 Å². The van der Waals surface area contributed by atoms with Gasteiger partial charge >= 0.3 is 0 Å². The molecule has 0 aliphatic carbocycles. The number of hydrogen-bond donors (Lipinski definition) is 1. The van der Waals surface area contributed by atoms with Gasteiger partial charge < -0.3 is 19.6 Å². The molecule has 30 heavy (non-hydrogen) atoms. The molecule has 2 aliphatic heterocycles. The second-order valence-electron chi connectivity index (χ2n) is 8.33. The van der Waals surface area contributed by atoms with Crippen molar-refractivity contribution in [2.24, 2.45) is 5.73 Å². The van der Waals surface area contributed by atoms with Gasteiger partial charge in [-0.3, -0.25) is 9.69 Å². The van der Waals surface area contributed by atoms with E-state index in [2.05, 4.69) is 19.7 Å². The summed E-state index contributed by atoms with van der Waals surface area (Å²) in [6.45, 7) is 4.08. The number of carbonyl (C=O) groups excluding carboxylic acids is 1. The predicted molar refractivity (Wildman–Crippen MR) is 113 cm³/mol. The maximum absolute atomic E-state index is 11.3. The van der Waals surface area contributed by atoms with Crippen LogP contribution in [-0.4, -0.2) is 49.3 Å². The van der Waals surface area contributed by atoms with Crippen molar-refractivity contribution in [3.8, 4) is 5.75 Å². The minimum absolute atomic E-state index is 0.178. The fourth-order valence-corrected chi connectivity index (χ4v) is 4.65. The summed E-state index contributed by atoms with van der Waals surface area (Å²) in [4.78, 5) is 13.7. The predicted octanol–water partition coefficient (Wildman–Crippen LogP) is 2.10. The van der Waals surface area contributed by atoms with Gasteiger partial charge in [0.2, 0.25) is 5.91 Å². The van der Waals surface area contributed by atoms with Gasteiger partial charge in [-0.15, -0.1) is 10.2 Å². The lowest BCUT2D eigenvalue weighted by molar-refractivity contribution is -0.118. The highest BCUT2D eigenvalue weighted by Gasteiger charge is 2.24. The average Bonchev–Trinajstić information content (AvgIpc) is 3.34. The third-order valence-corrected chi connectivity index (χ3v) is 6.23. The van der Waals surface area contributed by atoms with Crippen LogP contribution in [0.1, 0.15) is 37.3 Å². The Balaban J connectivity index is 1.21. The summed E-state index contributed by atoms with van der Waals surface area (Å²) in [5, 5.41) is 9.84. The molecule has 2 N–H and O–H groups in total. The molecular formula is C22H28N6O2. The minimum atomic E-state index is -0.347. The molecule has 2 aliphatic rings. The standard InChI is InChI=1S/C22H28N6O2/c23-20(29)14-27-13-9-17-18(27)4-3-5-19(17)30-16-7-11-26(12-8-16)15-22-25-24-21-6-1-2-10-28(21)22/h3-5,9,13,16H,1-2,6-8,10-12,14-15H2,(H2,23,29). The van der Waals surface area contributed by atoms with E-state index >= 15 is 0 Å². The third kappa shape index (κ3) is 3.79. The zero-order valence-corrected chi connectivity index (χ0v) is 17.2. The van der Waals surface area contributed by atoms with Crippen LogP contribution < -0.4 is 10.5 Å². The molecule has 0 atom stereocenters. The number of benzene rings is 1. The van der Waals surface area contributed by atoms with E-state index in [1.165, 1.54) is 12.8 Å². The first-order valence-electron chi connectivity index (χ1n) is 10.8. The number of rotatable bonds is 6. The summed E-state index contributed by atoms with van der Waals surface area (Å²) in [7, 11) is 0. The Bertz CT molecular complexity index is 1050. The highest BCUT2D eigenvalue weighted by Crippen LogP contribution is 2.29. The van der Waals surface area contributed by atoms with Crippen molar-refractivity contribution < 1.29 is 9.53 Å². The topological polar surface area (TPSA) is 91.2 Å². The van der Waals surface area contributed by atoms with Gasteiger partial charge in [-0.1, -0.05) is 6.07 Å². The number of ether oxygens (including phenoxy) is 1. The molecule has 8 heteroatoms. The van der Waals surface area contributed by atoms with E-state index < -0.39 is 0 Å². The molecule has 4 heterocycles. The number of nitrogens with zero attached hydrogens (tertiary/aromatic N) is 5. The lowest BCUT2D eigenvalue weighted by atomic mass is 10.1. The quantitative estimate of drug-likeness (QED) is 0.674. The molecule has 3 aromatic rings. The van der Waals surface area contributed by atoms with Gasteiger partial charge in [0.25, 0.3) is 0 Å². The summed E-state index contributed by atoms with van der Waals surface area (Å²) < 4.78 is 10.5. The van der Waals surface area contributed by atoms with Crippen molar-refractivity contribution in [3.05, 3.63) is 42.1 Å². The molecule has 0 spiro atoms. The van der Waals surface area contributed by atoms with Crippen molar-refractivity contribution in [1.82, 2.24) is 24.2 Å². The normalized spacial score (nSPS) is 17.9. The Morgan fingerprint density at radius 2 is 2.00 bits per heavy atom. The molecule has 0 unspecified atom stereocenters. The van der Waals surface area contributed by atoms with Crippen molar-refractivity contribution in [3.63, 3.8) is 0 Å². The SMILES string of the molecule is NC(=O)Cn1ccc2c(OC3CCN(Cc4nnc5n4CCCC5)CC3)cccc21. The Hall–Kier alpha value is -2.87. The average molecular weight is 409 g/mol. The fraction of sp³-hybridized carbons (Fsp3) is 0.500. The molecular weight excluding hydrogens is 380 g/mol. The Labute approximate surface area is 175 Å². The second kappa shape index (κ2) is 8.10. The molecule has 0 radical (unpaired) electrons. The van der Waals surface area contributed by atoms with Crippen LogP contribution in [0.25, 0.3) is 10.9 Å². The maximum Gasteiger partial charge on any atom is 0.237 e. The molecule has 1 fully saturated rings. The summed E-state index contributed by atoms with van der Waals surface area (Å²) in [5.41, 5.74) is 6.33. The van der Waals surface area contributed by atoms with Gasteiger partial charge in [-0.2, -0.15) is 0 Å². The van der Waals surface area contributed by atoms with E-state index in [0.717, 1.165) is 73.7 Å². The van der Waals surface area contributed by atoms with E-state index in [0.29, 0.717) is 0 Å². The highest BCUT2D eigenvalue weighted by atomic mass is 16.5. The van der Waals surface area contributed by atoms with Gasteiger partial charge in [0.05, 0.1) is 12.1 Å². The molecule has 1 amide bonds. The Kier molecular flexibility index (Phi) is 5.16. The van der Waals surface area contributed by atoms with Crippen LogP contribution in [0.3, 0.4) is 0 Å². The minimum Gasteiger partial charge on any atom is -0.490 e. The summed E-state index contributed by atoms with van der Waals surface area (Å²) >= 11 is 0. The van der Waals surface area contributed by atoms with Crippen LogP contribution in [0.5, 0.6) is 5.75 Å². The summed E-state index contributed by atoms with van der Waals surface area (Å²) in [6.07, 6.45) is 7.55. The van der Waals surface area contributed by atoms with Crippen LogP contribution in [0.15, 0.2) is 30.5 Å². The largest absolute Gasteiger partial charge is 0.490 e. The van der Waals surface area contributed by atoms with Crippen molar-refractivity contribution in [2.75, 3.05) is 13.1 Å². The lowest BCUT2D eigenvalue weighted by Crippen LogP contribution is -2.38. The molecule has 0 saturated carbocycles. The first-order chi connectivity index (χ1) is 14.7. The smallest absolute Gasteiger partial charge is 0.237 e. The number of amides is 1. The van der Waals surface area contributed by atoms with Gasteiger partial charge in [-0.05, 0) is 43.9 Å². The van der Waals surface area contributed by atoms with Crippen LogP contribution in [0.4, 0.5) is 0 Å². The fourth-order valence-electron chi connectivity index (χ4n) is 4.65. The van der Waals surface area contributed by atoms with E-state index in [1.54, 1.807) is 0 Å². The van der Waals surface area contributed by atoms with E-state index in [9.17, 15) is 4.79 Å². The number of likely N-dealkylation sites (tertiary alicyclic amines) is 1. The first-order valence-corrected chi connectivity index (χ1v) is 10.8. The number of carbonyl (C=O) groups is 1. The Morgan fingerprint density at radius 3 is 2.83 bits per heavy atom. The molecule has 8 nitrogen and oxygen atoms in total. The number of primary amides is 1. The molecule has 0 bridgehead atoms. The number of aromatic nitrogens is 4. The molecule has 5 rings (SSSR count). The molecule has 2 aromatic heterocycles. The van der Waals surface area contributed by atoms with Crippen molar-refractivity contribution in [2.45, 2.75) is 57.8 Å². The third-order valence-electron chi connectivity index (χ3n) is 6.23. The lowest BCUT2D eigenvalue weighted by Gasteiger charge is -2.32. The van der Waals surface area contributed by atoms with Crippen LogP contribution >= 0.6 is 0 Å². The van der Waals surface area contributed by atoms with Gasteiger partial charge in [0.1, 0.15) is 30.0 Å². The molecule has 1 saturated heterocycles. The van der Waals surface area contributed by atoms with Gasteiger partial charge in [0, 0.05) is 37.6 Å². The Morgan fingerprint density at radius 1 is 1.13 bits per heavy atom. The number of aryl methyl sites for hydroxylation is 1. The number of fused-ring (bicyclic) bond motifs is 2. The zero-order chi connectivity index (χ0) is 20.5. The number of nitrogens with two attached hydrogens (primary N) is 1. The van der Waals surface area contributed by atoms with E-state index in [4.69, 9.17) is 10.5 Å². The number of hydrogen-bond acceptors (Lipinski definition) is 5. The van der Waals surface area contributed by atoms with Crippen LogP contribution in [0, 0.1) is 0 Å². The van der Waals surface area contributed by atoms with Crippen molar-refractivity contribution >= 4 is 16.8 Å². The number of piperidine rings is 1. The van der Waals surface area contributed by atoms with Crippen molar-refractivity contribution in [1.29, 1.82) is 0 Å².